The van der Waals surface area contributed by atoms with Crippen LogP contribution in [0.5, 0.6) is 5.75 Å². The average molecular weight is 335 g/mol. The van der Waals surface area contributed by atoms with Gasteiger partial charge in [0.15, 0.2) is 11.4 Å². The molecule has 1 aromatic carbocycles. The topological polar surface area (TPSA) is 67.2 Å². The summed E-state index contributed by atoms with van der Waals surface area (Å²) in [6.45, 7) is 4.17. The van der Waals surface area contributed by atoms with Crippen LogP contribution in [0.2, 0.25) is 0 Å². The maximum atomic E-state index is 12.8. The lowest BCUT2D eigenvalue weighted by Crippen LogP contribution is -2.50. The summed E-state index contributed by atoms with van der Waals surface area (Å²) in [5.41, 5.74) is 1.70. The molecule has 0 spiro atoms. The Kier molecular flexibility index (Phi) is 4.03. The van der Waals surface area contributed by atoms with Crippen molar-refractivity contribution in [2.24, 2.45) is 0 Å². The zero-order valence-corrected chi connectivity index (χ0v) is 13.5. The first-order valence-electron chi connectivity index (χ1n) is 7.83. The van der Waals surface area contributed by atoms with Gasteiger partial charge in [-0.3, -0.25) is 4.79 Å². The van der Waals surface area contributed by atoms with Crippen molar-refractivity contribution in [3.8, 4) is 11.4 Å². The van der Waals surface area contributed by atoms with E-state index in [2.05, 4.69) is 24.3 Å². The minimum atomic E-state index is -2.71. The fourth-order valence-electron chi connectivity index (χ4n) is 2.69. The molecule has 0 atom stereocenters. The highest BCUT2D eigenvalue weighted by atomic mass is 19.3. The molecule has 1 heterocycles. The standard InChI is InChI=1S/C17H19F2N3O2/c1-10(2)11-3-5-13(6-4-11)22-9-14(23)15(21-22)16(24)20-12-7-17(18,19)8-12/h3-6,9-10,12,23H,7-8H2,1-2H3,(H,20,24). The summed E-state index contributed by atoms with van der Waals surface area (Å²) in [6.07, 6.45) is 0.572. The fraction of sp³-hybridized carbons (Fsp3) is 0.412. The SMILES string of the molecule is CC(C)c1ccc(-n2cc(O)c(C(=O)NC3CC(F)(F)C3)n2)cc1. The number of halogens is 2. The molecule has 0 radical (unpaired) electrons. The summed E-state index contributed by atoms with van der Waals surface area (Å²) < 4.78 is 27.0. The van der Waals surface area contributed by atoms with E-state index in [-0.39, 0.29) is 24.3 Å². The number of amides is 1. The van der Waals surface area contributed by atoms with Crippen LogP contribution in [0.3, 0.4) is 0 Å². The number of aromatic hydroxyl groups is 1. The number of carbonyl (C=O) groups is 1. The summed E-state index contributed by atoms with van der Waals surface area (Å²) in [6, 6.07) is 7.01. The first-order valence-corrected chi connectivity index (χ1v) is 7.83. The van der Waals surface area contributed by atoms with Gasteiger partial charge < -0.3 is 10.4 Å². The van der Waals surface area contributed by atoms with Crippen LogP contribution < -0.4 is 5.32 Å². The van der Waals surface area contributed by atoms with Gasteiger partial charge in [-0.15, -0.1) is 0 Å². The molecule has 0 unspecified atom stereocenters. The molecule has 1 amide bonds. The van der Waals surface area contributed by atoms with E-state index >= 15 is 0 Å². The first-order chi connectivity index (χ1) is 11.2. The van der Waals surface area contributed by atoms with Gasteiger partial charge in [0.2, 0.25) is 0 Å². The van der Waals surface area contributed by atoms with Crippen molar-refractivity contribution in [2.75, 3.05) is 0 Å². The van der Waals surface area contributed by atoms with Gasteiger partial charge in [0, 0.05) is 18.9 Å². The molecule has 2 aromatic rings. The monoisotopic (exact) mass is 335 g/mol. The Morgan fingerprint density at radius 3 is 2.50 bits per heavy atom. The van der Waals surface area contributed by atoms with E-state index in [9.17, 15) is 18.7 Å². The third kappa shape index (κ3) is 3.25. The third-order valence-electron chi connectivity index (χ3n) is 4.16. The molecule has 0 aliphatic heterocycles. The normalized spacial score (nSPS) is 16.9. The summed E-state index contributed by atoms with van der Waals surface area (Å²) in [7, 11) is 0. The second-order valence-electron chi connectivity index (χ2n) is 6.49. The quantitative estimate of drug-likeness (QED) is 0.901. The van der Waals surface area contributed by atoms with Crippen molar-refractivity contribution in [1.29, 1.82) is 0 Å². The molecule has 24 heavy (non-hydrogen) atoms. The molecular weight excluding hydrogens is 316 g/mol. The molecule has 7 heteroatoms. The van der Waals surface area contributed by atoms with Crippen molar-refractivity contribution >= 4 is 5.91 Å². The van der Waals surface area contributed by atoms with Gasteiger partial charge in [-0.05, 0) is 23.6 Å². The van der Waals surface area contributed by atoms with Crippen LogP contribution >= 0.6 is 0 Å². The number of carbonyl (C=O) groups excluding carboxylic acids is 1. The molecule has 1 aliphatic carbocycles. The molecule has 0 bridgehead atoms. The molecule has 0 saturated heterocycles. The van der Waals surface area contributed by atoms with Crippen LogP contribution in [-0.2, 0) is 0 Å². The van der Waals surface area contributed by atoms with Gasteiger partial charge in [-0.1, -0.05) is 26.0 Å². The number of aromatic nitrogens is 2. The lowest BCUT2D eigenvalue weighted by atomic mass is 9.88. The number of alkyl halides is 2. The van der Waals surface area contributed by atoms with Crippen LogP contribution in [0.15, 0.2) is 30.5 Å². The zero-order chi connectivity index (χ0) is 17.5. The average Bonchev–Trinajstić information content (AvgIpc) is 2.87. The molecule has 1 fully saturated rings. The summed E-state index contributed by atoms with van der Waals surface area (Å²) >= 11 is 0. The second kappa shape index (κ2) is 5.89. The number of rotatable bonds is 4. The lowest BCUT2D eigenvalue weighted by molar-refractivity contribution is -0.0901. The van der Waals surface area contributed by atoms with Crippen molar-refractivity contribution < 1.29 is 18.7 Å². The highest BCUT2D eigenvalue weighted by Gasteiger charge is 2.46. The van der Waals surface area contributed by atoms with Gasteiger partial charge in [-0.2, -0.15) is 5.10 Å². The number of hydrogen-bond acceptors (Lipinski definition) is 3. The molecule has 2 N–H and O–H groups in total. The van der Waals surface area contributed by atoms with Crippen molar-refractivity contribution in [3.05, 3.63) is 41.7 Å². The lowest BCUT2D eigenvalue weighted by Gasteiger charge is -2.35. The van der Waals surface area contributed by atoms with E-state index in [1.54, 1.807) is 0 Å². The first kappa shape index (κ1) is 16.4. The predicted molar refractivity (Wildman–Crippen MR) is 84.8 cm³/mol. The number of hydrogen-bond donors (Lipinski definition) is 2. The summed E-state index contributed by atoms with van der Waals surface area (Å²) in [5, 5.41) is 16.5. The molecule has 1 aliphatic rings. The molecule has 1 saturated carbocycles. The summed E-state index contributed by atoms with van der Waals surface area (Å²) in [4.78, 5) is 12.1. The van der Waals surface area contributed by atoms with Gasteiger partial charge in [-0.25, -0.2) is 13.5 Å². The molecular formula is C17H19F2N3O2. The highest BCUT2D eigenvalue weighted by Crippen LogP contribution is 2.37. The van der Waals surface area contributed by atoms with Crippen molar-refractivity contribution in [3.63, 3.8) is 0 Å². The minimum absolute atomic E-state index is 0.168. The van der Waals surface area contributed by atoms with Crippen LogP contribution in [0.1, 0.15) is 48.7 Å². The minimum Gasteiger partial charge on any atom is -0.504 e. The van der Waals surface area contributed by atoms with Crippen LogP contribution in [0.4, 0.5) is 8.78 Å². The Bertz CT molecular complexity index is 746. The van der Waals surface area contributed by atoms with E-state index in [4.69, 9.17) is 0 Å². The van der Waals surface area contributed by atoms with Crippen molar-refractivity contribution in [2.45, 2.75) is 44.6 Å². The Balaban J connectivity index is 1.74. The third-order valence-corrected chi connectivity index (χ3v) is 4.16. The number of benzene rings is 1. The Morgan fingerprint density at radius 2 is 1.96 bits per heavy atom. The second-order valence-corrected chi connectivity index (χ2v) is 6.49. The fourth-order valence-corrected chi connectivity index (χ4v) is 2.69. The molecule has 3 rings (SSSR count). The predicted octanol–water partition coefficient (Wildman–Crippen LogP) is 3.23. The number of nitrogens with zero attached hydrogens (tertiary/aromatic N) is 2. The van der Waals surface area contributed by atoms with E-state index < -0.39 is 17.9 Å². The zero-order valence-electron chi connectivity index (χ0n) is 13.5. The Hall–Kier alpha value is -2.44. The molecule has 5 nitrogen and oxygen atoms in total. The van der Waals surface area contributed by atoms with Gasteiger partial charge in [0.05, 0.1) is 11.9 Å². The van der Waals surface area contributed by atoms with E-state index in [1.165, 1.54) is 16.4 Å². The maximum Gasteiger partial charge on any atom is 0.275 e. The highest BCUT2D eigenvalue weighted by molar-refractivity contribution is 5.95. The molecule has 128 valence electrons. The van der Waals surface area contributed by atoms with Gasteiger partial charge in [0.1, 0.15) is 0 Å². The number of nitrogens with one attached hydrogen (secondary N) is 1. The van der Waals surface area contributed by atoms with Crippen LogP contribution in [0.25, 0.3) is 5.69 Å². The van der Waals surface area contributed by atoms with Crippen LogP contribution in [0, 0.1) is 0 Å². The van der Waals surface area contributed by atoms with E-state index in [0.717, 1.165) is 0 Å². The Labute approximate surface area is 138 Å². The van der Waals surface area contributed by atoms with Gasteiger partial charge in [0.25, 0.3) is 11.8 Å². The maximum absolute atomic E-state index is 12.8. The molecule has 1 aromatic heterocycles. The van der Waals surface area contributed by atoms with Crippen molar-refractivity contribution in [1.82, 2.24) is 15.1 Å². The summed E-state index contributed by atoms with van der Waals surface area (Å²) in [5.74, 6) is -3.25. The smallest absolute Gasteiger partial charge is 0.275 e. The van der Waals surface area contributed by atoms with Gasteiger partial charge >= 0.3 is 0 Å². The van der Waals surface area contributed by atoms with E-state index in [1.807, 2.05) is 24.3 Å². The largest absolute Gasteiger partial charge is 0.504 e. The van der Waals surface area contributed by atoms with E-state index in [0.29, 0.717) is 11.6 Å². The Morgan fingerprint density at radius 1 is 1.33 bits per heavy atom. The van der Waals surface area contributed by atoms with Crippen LogP contribution in [-0.4, -0.2) is 32.8 Å².